The van der Waals surface area contributed by atoms with Crippen LogP contribution in [0.2, 0.25) is 0 Å². The van der Waals surface area contributed by atoms with E-state index in [4.69, 9.17) is 0 Å². The Balaban J connectivity index is 2.18. The molecule has 106 valence electrons. The second-order valence-electron chi connectivity index (χ2n) is 5.40. The van der Waals surface area contributed by atoms with Crippen molar-refractivity contribution < 1.29 is 0 Å². The summed E-state index contributed by atoms with van der Waals surface area (Å²) in [6, 6.07) is 9.21. The van der Waals surface area contributed by atoms with Gasteiger partial charge in [0.25, 0.3) is 0 Å². The van der Waals surface area contributed by atoms with Gasteiger partial charge in [-0.15, -0.1) is 11.8 Å². The Bertz CT molecular complexity index is 611. The van der Waals surface area contributed by atoms with Gasteiger partial charge in [0, 0.05) is 36.1 Å². The van der Waals surface area contributed by atoms with Crippen molar-refractivity contribution in [2.75, 3.05) is 6.54 Å². The predicted molar refractivity (Wildman–Crippen MR) is 86.8 cm³/mol. The molecule has 0 unspecified atom stereocenters. The molecule has 0 saturated carbocycles. The Kier molecular flexibility index (Phi) is 5.26. The molecule has 20 heavy (non-hydrogen) atoms. The van der Waals surface area contributed by atoms with Crippen LogP contribution in [0.1, 0.15) is 32.8 Å². The van der Waals surface area contributed by atoms with Gasteiger partial charge < -0.3 is 9.88 Å². The summed E-state index contributed by atoms with van der Waals surface area (Å²) in [5.41, 5.74) is 2.75. The highest BCUT2D eigenvalue weighted by Gasteiger charge is 2.07. The lowest BCUT2D eigenvalue weighted by atomic mass is 10.1. The molecule has 1 N–H and O–H groups in total. The summed E-state index contributed by atoms with van der Waals surface area (Å²) in [4.78, 5) is 0. The normalized spacial score (nSPS) is 10.8. The maximum atomic E-state index is 3.49. The molecular formula is C18H24N2. The maximum Gasteiger partial charge on any atom is 0.0483 e. The molecule has 1 heterocycles. The molecule has 0 fully saturated rings. The predicted octanol–water partition coefficient (Wildman–Crippen LogP) is 3.60. The van der Waals surface area contributed by atoms with Gasteiger partial charge in [-0.1, -0.05) is 32.0 Å². The number of aryl methyl sites for hydroxylation is 1. The third-order valence-corrected chi connectivity index (χ3v) is 3.47. The molecule has 0 spiro atoms. The highest BCUT2D eigenvalue weighted by Crippen LogP contribution is 2.21. The zero-order chi connectivity index (χ0) is 14.4. The zero-order valence-electron chi connectivity index (χ0n) is 12.7. The standard InChI is InChI=1S/C18H24N2/c1-4-5-8-13-20-14-16(11-12-19-15(2)3)17-9-6-7-10-18(17)20/h6-7,9-10,14-15,19H,8,11-13H2,1-3H3. The van der Waals surface area contributed by atoms with Gasteiger partial charge in [0.2, 0.25) is 0 Å². The lowest BCUT2D eigenvalue weighted by molar-refractivity contribution is 0.590. The monoisotopic (exact) mass is 268 g/mol. The van der Waals surface area contributed by atoms with E-state index in [2.05, 4.69) is 66.0 Å². The highest BCUT2D eigenvalue weighted by molar-refractivity contribution is 5.84. The highest BCUT2D eigenvalue weighted by atomic mass is 15.0. The van der Waals surface area contributed by atoms with Crippen molar-refractivity contribution >= 4 is 10.9 Å². The van der Waals surface area contributed by atoms with Crippen LogP contribution in [0.25, 0.3) is 10.9 Å². The third-order valence-electron chi connectivity index (χ3n) is 3.47. The van der Waals surface area contributed by atoms with Crippen LogP contribution in [-0.4, -0.2) is 17.2 Å². The fourth-order valence-electron chi connectivity index (χ4n) is 2.50. The van der Waals surface area contributed by atoms with E-state index in [0.29, 0.717) is 6.04 Å². The van der Waals surface area contributed by atoms with Gasteiger partial charge in [0.1, 0.15) is 0 Å². The van der Waals surface area contributed by atoms with Crippen LogP contribution < -0.4 is 5.32 Å². The van der Waals surface area contributed by atoms with E-state index in [1.165, 1.54) is 16.5 Å². The summed E-state index contributed by atoms with van der Waals surface area (Å²) in [7, 11) is 0. The quantitative estimate of drug-likeness (QED) is 0.792. The van der Waals surface area contributed by atoms with Crippen LogP contribution in [0, 0.1) is 11.8 Å². The molecule has 0 amide bonds. The topological polar surface area (TPSA) is 17.0 Å². The van der Waals surface area contributed by atoms with Crippen molar-refractivity contribution in [3.8, 4) is 11.8 Å². The van der Waals surface area contributed by atoms with E-state index in [0.717, 1.165) is 25.9 Å². The Morgan fingerprint density at radius 1 is 1.25 bits per heavy atom. The average Bonchev–Trinajstić information content (AvgIpc) is 2.78. The van der Waals surface area contributed by atoms with Crippen LogP contribution in [0.5, 0.6) is 0 Å². The third kappa shape index (κ3) is 3.65. The van der Waals surface area contributed by atoms with Crippen LogP contribution in [0.15, 0.2) is 30.5 Å². The average molecular weight is 268 g/mol. The first-order chi connectivity index (χ1) is 9.72. The van der Waals surface area contributed by atoms with E-state index in [1.54, 1.807) is 0 Å². The summed E-state index contributed by atoms with van der Waals surface area (Å²) in [5, 5.41) is 4.87. The minimum Gasteiger partial charge on any atom is -0.346 e. The van der Waals surface area contributed by atoms with Gasteiger partial charge in [0.05, 0.1) is 0 Å². The zero-order valence-corrected chi connectivity index (χ0v) is 12.7. The summed E-state index contributed by atoms with van der Waals surface area (Å²) in [6.07, 6.45) is 4.29. The summed E-state index contributed by atoms with van der Waals surface area (Å²) >= 11 is 0. The first kappa shape index (κ1) is 14.7. The number of hydrogen-bond acceptors (Lipinski definition) is 1. The molecule has 2 rings (SSSR count). The molecular weight excluding hydrogens is 244 g/mol. The van der Waals surface area contributed by atoms with Gasteiger partial charge in [-0.3, -0.25) is 0 Å². The Morgan fingerprint density at radius 2 is 2.05 bits per heavy atom. The summed E-state index contributed by atoms with van der Waals surface area (Å²) in [6.45, 7) is 8.27. The number of aromatic nitrogens is 1. The van der Waals surface area contributed by atoms with Crippen LogP contribution >= 0.6 is 0 Å². The van der Waals surface area contributed by atoms with Crippen molar-refractivity contribution in [3.63, 3.8) is 0 Å². The van der Waals surface area contributed by atoms with Crippen molar-refractivity contribution in [1.82, 2.24) is 9.88 Å². The molecule has 0 atom stereocenters. The van der Waals surface area contributed by atoms with Crippen molar-refractivity contribution in [3.05, 3.63) is 36.0 Å². The minimum absolute atomic E-state index is 0.545. The number of rotatable bonds is 6. The van der Waals surface area contributed by atoms with Crippen molar-refractivity contribution in [1.29, 1.82) is 0 Å². The molecule has 2 nitrogen and oxygen atoms in total. The first-order valence-electron chi connectivity index (χ1n) is 7.42. The van der Waals surface area contributed by atoms with Crippen LogP contribution in [-0.2, 0) is 13.0 Å². The summed E-state index contributed by atoms with van der Waals surface area (Å²) in [5.74, 6) is 6.11. The van der Waals surface area contributed by atoms with Gasteiger partial charge in [-0.05, 0) is 31.5 Å². The van der Waals surface area contributed by atoms with Gasteiger partial charge in [-0.25, -0.2) is 0 Å². The molecule has 0 radical (unpaired) electrons. The fourth-order valence-corrected chi connectivity index (χ4v) is 2.50. The van der Waals surface area contributed by atoms with Crippen molar-refractivity contribution in [2.45, 2.75) is 46.2 Å². The molecule has 0 aliphatic carbocycles. The minimum atomic E-state index is 0.545. The van der Waals surface area contributed by atoms with Crippen molar-refractivity contribution in [2.24, 2.45) is 0 Å². The fraction of sp³-hybridized carbons (Fsp3) is 0.444. The molecule has 1 aromatic heterocycles. The summed E-state index contributed by atoms with van der Waals surface area (Å²) < 4.78 is 2.34. The maximum absolute atomic E-state index is 3.49. The van der Waals surface area contributed by atoms with Crippen LogP contribution in [0.4, 0.5) is 0 Å². The second-order valence-corrected chi connectivity index (χ2v) is 5.40. The molecule has 2 heteroatoms. The largest absolute Gasteiger partial charge is 0.346 e. The SMILES string of the molecule is CC#CCCn1cc(CCNC(C)C)c2ccccc21. The lowest BCUT2D eigenvalue weighted by Gasteiger charge is -2.06. The molecule has 0 bridgehead atoms. The van der Waals surface area contributed by atoms with Gasteiger partial charge in [-0.2, -0.15) is 0 Å². The molecule has 2 aromatic rings. The van der Waals surface area contributed by atoms with E-state index in [1.807, 2.05) is 6.92 Å². The lowest BCUT2D eigenvalue weighted by Crippen LogP contribution is -2.24. The molecule has 1 aromatic carbocycles. The van der Waals surface area contributed by atoms with Crippen LogP contribution in [0.3, 0.4) is 0 Å². The second kappa shape index (κ2) is 7.17. The molecule has 0 aliphatic heterocycles. The molecule has 0 saturated heterocycles. The Labute approximate surface area is 122 Å². The number of benzene rings is 1. The molecule has 0 aliphatic rings. The number of para-hydroxylation sites is 1. The number of fused-ring (bicyclic) bond motifs is 1. The number of nitrogens with one attached hydrogen (secondary N) is 1. The van der Waals surface area contributed by atoms with Gasteiger partial charge >= 0.3 is 0 Å². The van der Waals surface area contributed by atoms with E-state index < -0.39 is 0 Å². The number of nitrogens with zero attached hydrogens (tertiary/aromatic N) is 1. The first-order valence-corrected chi connectivity index (χ1v) is 7.42. The van der Waals surface area contributed by atoms with E-state index in [-0.39, 0.29) is 0 Å². The Morgan fingerprint density at radius 3 is 2.80 bits per heavy atom. The van der Waals surface area contributed by atoms with E-state index in [9.17, 15) is 0 Å². The van der Waals surface area contributed by atoms with Gasteiger partial charge in [0.15, 0.2) is 0 Å². The smallest absolute Gasteiger partial charge is 0.0483 e. The Hall–Kier alpha value is -1.72. The van der Waals surface area contributed by atoms with E-state index >= 15 is 0 Å². The number of hydrogen-bond donors (Lipinski definition) is 1.